The summed E-state index contributed by atoms with van der Waals surface area (Å²) in [5, 5.41) is 28.0. The average molecular weight is 503 g/mol. The van der Waals surface area contributed by atoms with Crippen molar-refractivity contribution in [1.29, 1.82) is 0 Å². The maximum Gasteiger partial charge on any atom is 0.416 e. The Labute approximate surface area is 207 Å². The number of aromatic hydroxyl groups is 1. The number of hydrogen-bond donors (Lipinski definition) is 2. The van der Waals surface area contributed by atoms with E-state index in [-0.39, 0.29) is 41.1 Å². The van der Waals surface area contributed by atoms with E-state index in [9.17, 15) is 23.5 Å². The van der Waals surface area contributed by atoms with Crippen molar-refractivity contribution in [1.82, 2.24) is 0 Å². The van der Waals surface area contributed by atoms with Gasteiger partial charge in [0.25, 0.3) is 0 Å². The Balaban J connectivity index is 1.50. The zero-order valence-electron chi connectivity index (χ0n) is 20.2. The molecule has 0 spiro atoms. The first-order chi connectivity index (χ1) is 17.2. The lowest BCUT2D eigenvalue weighted by molar-refractivity contribution is -0.138. The summed E-state index contributed by atoms with van der Waals surface area (Å²) in [6.45, 7) is 1.83. The number of phenols is 1. The van der Waals surface area contributed by atoms with E-state index in [0.717, 1.165) is 48.6 Å². The number of nitrogens with zero attached hydrogens (tertiary/aromatic N) is 2. The van der Waals surface area contributed by atoms with Crippen LogP contribution in [0.3, 0.4) is 0 Å². The molecule has 6 nitrogen and oxygen atoms in total. The van der Waals surface area contributed by atoms with Crippen LogP contribution in [0.1, 0.15) is 67.2 Å². The van der Waals surface area contributed by atoms with Gasteiger partial charge >= 0.3 is 6.18 Å². The van der Waals surface area contributed by atoms with E-state index in [1.165, 1.54) is 25.3 Å². The van der Waals surface area contributed by atoms with Crippen molar-refractivity contribution in [2.45, 2.75) is 57.7 Å². The van der Waals surface area contributed by atoms with E-state index >= 15 is 0 Å². The number of phenolic OH excluding ortho intramolecular Hbond substituents is 1. The molecule has 0 saturated heterocycles. The maximum absolute atomic E-state index is 13.4. The van der Waals surface area contributed by atoms with Crippen LogP contribution in [0.15, 0.2) is 46.7 Å². The Morgan fingerprint density at radius 3 is 2.67 bits per heavy atom. The number of halogens is 3. The summed E-state index contributed by atoms with van der Waals surface area (Å²) in [6.07, 6.45) is -0.522. The quantitative estimate of drug-likeness (QED) is 0.370. The molecule has 5 rings (SSSR count). The summed E-state index contributed by atoms with van der Waals surface area (Å²) in [6, 6.07) is 8.74. The minimum atomic E-state index is -4.49. The number of rotatable bonds is 4. The van der Waals surface area contributed by atoms with Crippen LogP contribution in [-0.2, 0) is 17.6 Å². The van der Waals surface area contributed by atoms with Crippen molar-refractivity contribution < 1.29 is 33.1 Å². The zero-order chi connectivity index (χ0) is 25.7. The summed E-state index contributed by atoms with van der Waals surface area (Å²) < 4.78 is 45.5. The molecule has 0 aliphatic heterocycles. The van der Waals surface area contributed by atoms with Crippen molar-refractivity contribution in [2.75, 3.05) is 7.11 Å². The number of methoxy groups -OCH3 is 1. The molecule has 192 valence electrons. The molecular weight excluding hydrogens is 473 g/mol. The van der Waals surface area contributed by atoms with Gasteiger partial charge in [0.2, 0.25) is 0 Å². The fourth-order valence-corrected chi connectivity index (χ4v) is 6.74. The summed E-state index contributed by atoms with van der Waals surface area (Å²) in [4.78, 5) is 5.52. The molecule has 3 aliphatic rings. The molecule has 2 aromatic rings. The van der Waals surface area contributed by atoms with Gasteiger partial charge < -0.3 is 19.9 Å². The van der Waals surface area contributed by atoms with E-state index in [1.807, 2.05) is 6.07 Å². The number of alkyl halides is 3. The van der Waals surface area contributed by atoms with Gasteiger partial charge in [0, 0.05) is 16.5 Å². The minimum absolute atomic E-state index is 0.00525. The topological polar surface area (TPSA) is 83.6 Å². The molecule has 9 heteroatoms. The normalized spacial score (nSPS) is 29.5. The minimum Gasteiger partial charge on any atom is -0.504 e. The molecule has 0 unspecified atom stereocenters. The second-order valence-corrected chi connectivity index (χ2v) is 10.2. The standard InChI is InChI=1S/C27H29F3N2O4/c1-26-10-9-16-17-13-24(35-2)23(33)12-19(17)22(11-18(16)21(26)7-8-25(26)31-34)32-36-14-15-5-3-4-6-20(15)27(28,29)30/h3-6,12-13,16,18,21,33-34H,7-11,14H2,1-2H3/t16-,18-,21+,26+/m1/s1. The van der Waals surface area contributed by atoms with Crippen LogP contribution in [0.4, 0.5) is 13.2 Å². The van der Waals surface area contributed by atoms with Gasteiger partial charge in [-0.1, -0.05) is 35.4 Å². The van der Waals surface area contributed by atoms with Gasteiger partial charge in [-0.25, -0.2) is 0 Å². The molecule has 2 fully saturated rings. The van der Waals surface area contributed by atoms with Crippen LogP contribution in [0.2, 0.25) is 0 Å². The predicted octanol–water partition coefficient (Wildman–Crippen LogP) is 6.48. The highest BCUT2D eigenvalue weighted by Crippen LogP contribution is 2.60. The number of hydrogen-bond acceptors (Lipinski definition) is 6. The lowest BCUT2D eigenvalue weighted by atomic mass is 9.55. The first-order valence-electron chi connectivity index (χ1n) is 12.1. The molecule has 2 saturated carbocycles. The molecule has 2 aromatic carbocycles. The largest absolute Gasteiger partial charge is 0.504 e. The maximum atomic E-state index is 13.4. The number of ether oxygens (including phenoxy) is 1. The van der Waals surface area contributed by atoms with Gasteiger partial charge in [-0.05, 0) is 73.6 Å². The predicted molar refractivity (Wildman–Crippen MR) is 128 cm³/mol. The van der Waals surface area contributed by atoms with Gasteiger partial charge in [-0.2, -0.15) is 13.2 Å². The van der Waals surface area contributed by atoms with E-state index in [2.05, 4.69) is 17.2 Å². The van der Waals surface area contributed by atoms with Gasteiger partial charge in [0.1, 0.15) is 6.61 Å². The summed E-state index contributed by atoms with van der Waals surface area (Å²) >= 11 is 0. The van der Waals surface area contributed by atoms with E-state index < -0.39 is 11.7 Å². The fraction of sp³-hybridized carbons (Fsp3) is 0.481. The van der Waals surface area contributed by atoms with Crippen molar-refractivity contribution >= 4 is 11.4 Å². The Morgan fingerprint density at radius 2 is 1.94 bits per heavy atom. The molecule has 0 bridgehead atoms. The van der Waals surface area contributed by atoms with Gasteiger partial charge in [0.15, 0.2) is 11.5 Å². The number of oxime groups is 2. The van der Waals surface area contributed by atoms with Crippen molar-refractivity contribution in [3.05, 3.63) is 58.7 Å². The summed E-state index contributed by atoms with van der Waals surface area (Å²) in [7, 11) is 1.50. The van der Waals surface area contributed by atoms with E-state index in [4.69, 9.17) is 9.57 Å². The van der Waals surface area contributed by atoms with Gasteiger partial charge in [-0.15, -0.1) is 0 Å². The van der Waals surface area contributed by atoms with Crippen LogP contribution in [0, 0.1) is 17.3 Å². The SMILES string of the molecule is COc1cc2c(cc1O)C(=NOCc1ccccc1C(F)(F)F)C[C@@H]1[C@@H]2CC[C@]2(C)C(=NO)CC[C@@H]12. The summed E-state index contributed by atoms with van der Waals surface area (Å²) in [5.74, 6) is 1.00. The first-order valence-corrected chi connectivity index (χ1v) is 12.1. The lowest BCUT2D eigenvalue weighted by Gasteiger charge is -2.48. The molecular formula is C27H29F3N2O4. The third-order valence-corrected chi connectivity index (χ3v) is 8.51. The number of fused-ring (bicyclic) bond motifs is 5. The van der Waals surface area contributed by atoms with Gasteiger partial charge in [-0.3, -0.25) is 0 Å². The van der Waals surface area contributed by atoms with Crippen LogP contribution in [0.5, 0.6) is 11.5 Å². The molecule has 2 N–H and O–H groups in total. The van der Waals surface area contributed by atoms with Crippen LogP contribution in [-0.4, -0.2) is 28.8 Å². The monoisotopic (exact) mass is 502 g/mol. The molecule has 0 radical (unpaired) electrons. The Bertz CT molecular complexity index is 1230. The average Bonchev–Trinajstić information content (AvgIpc) is 3.20. The highest BCUT2D eigenvalue weighted by Gasteiger charge is 2.54. The smallest absolute Gasteiger partial charge is 0.416 e. The van der Waals surface area contributed by atoms with Crippen molar-refractivity contribution in [2.24, 2.45) is 27.6 Å². The molecule has 0 amide bonds. The first kappa shape index (κ1) is 24.5. The highest BCUT2D eigenvalue weighted by molar-refractivity contribution is 6.04. The third kappa shape index (κ3) is 3.98. The Kier molecular flexibility index (Phi) is 6.12. The van der Waals surface area contributed by atoms with Crippen LogP contribution < -0.4 is 4.74 Å². The fourth-order valence-electron chi connectivity index (χ4n) is 6.74. The van der Waals surface area contributed by atoms with Gasteiger partial charge in [0.05, 0.1) is 24.1 Å². The van der Waals surface area contributed by atoms with Crippen LogP contribution in [0.25, 0.3) is 0 Å². The lowest BCUT2D eigenvalue weighted by Crippen LogP contribution is -2.43. The molecule has 4 atom stereocenters. The molecule has 0 aromatic heterocycles. The van der Waals surface area contributed by atoms with E-state index in [1.54, 1.807) is 6.07 Å². The Hall–Kier alpha value is -3.23. The summed E-state index contributed by atoms with van der Waals surface area (Å²) in [5.41, 5.74) is 2.20. The number of benzene rings is 2. The van der Waals surface area contributed by atoms with Crippen LogP contribution >= 0.6 is 0 Å². The van der Waals surface area contributed by atoms with E-state index in [0.29, 0.717) is 17.9 Å². The molecule has 3 aliphatic carbocycles. The molecule has 0 heterocycles. The molecule has 36 heavy (non-hydrogen) atoms. The third-order valence-electron chi connectivity index (χ3n) is 8.51. The van der Waals surface area contributed by atoms with Crippen molar-refractivity contribution in [3.8, 4) is 11.5 Å². The Morgan fingerprint density at radius 1 is 1.17 bits per heavy atom. The second-order valence-electron chi connectivity index (χ2n) is 10.2. The second kappa shape index (κ2) is 9.01. The highest BCUT2D eigenvalue weighted by atomic mass is 19.4. The van der Waals surface area contributed by atoms with Crippen molar-refractivity contribution in [3.63, 3.8) is 0 Å². The zero-order valence-corrected chi connectivity index (χ0v) is 20.2.